The van der Waals surface area contributed by atoms with Crippen LogP contribution in [-0.4, -0.2) is 33.6 Å². The summed E-state index contributed by atoms with van der Waals surface area (Å²) >= 11 is 0. The van der Waals surface area contributed by atoms with E-state index in [4.69, 9.17) is 9.47 Å². The summed E-state index contributed by atoms with van der Waals surface area (Å²) in [6, 6.07) is 20.6. The number of aryl methyl sites for hydroxylation is 1. The molecule has 0 aliphatic carbocycles. The highest BCUT2D eigenvalue weighted by atomic mass is 32.2. The van der Waals surface area contributed by atoms with Gasteiger partial charge in [-0.15, -0.1) is 0 Å². The Bertz CT molecular complexity index is 1330. The van der Waals surface area contributed by atoms with Crippen molar-refractivity contribution in [1.82, 2.24) is 5.32 Å². The third kappa shape index (κ3) is 5.59. The maximum absolute atomic E-state index is 13.7. The molecule has 0 radical (unpaired) electrons. The second-order valence-corrected chi connectivity index (χ2v) is 11.2. The molecule has 4 rings (SSSR count). The van der Waals surface area contributed by atoms with Crippen LogP contribution in [0.3, 0.4) is 0 Å². The average molecular weight is 523 g/mol. The summed E-state index contributed by atoms with van der Waals surface area (Å²) in [6.45, 7) is 5.73. The van der Waals surface area contributed by atoms with Crippen molar-refractivity contribution >= 4 is 21.6 Å². The molecule has 1 N–H and O–H groups in total. The van der Waals surface area contributed by atoms with Crippen molar-refractivity contribution in [1.29, 1.82) is 0 Å². The van der Waals surface area contributed by atoms with Crippen LogP contribution in [0.1, 0.15) is 50.3 Å². The van der Waals surface area contributed by atoms with Gasteiger partial charge in [-0.05, 0) is 62.2 Å². The molecule has 3 aromatic carbocycles. The number of amides is 1. The predicted molar refractivity (Wildman–Crippen MR) is 145 cm³/mol. The van der Waals surface area contributed by atoms with E-state index in [1.807, 2.05) is 43.3 Å². The number of hydrogen-bond donors (Lipinski definition) is 1. The molecular formula is C29H34N2O5S. The van der Waals surface area contributed by atoms with Gasteiger partial charge < -0.3 is 14.8 Å². The second-order valence-electron chi connectivity index (χ2n) is 9.38. The van der Waals surface area contributed by atoms with Gasteiger partial charge in [-0.1, -0.05) is 49.7 Å². The Morgan fingerprint density at radius 3 is 2.30 bits per heavy atom. The molecule has 0 bridgehead atoms. The second kappa shape index (κ2) is 10.8. The molecule has 7 nitrogen and oxygen atoms in total. The van der Waals surface area contributed by atoms with E-state index in [1.165, 1.54) is 19.2 Å². The highest BCUT2D eigenvalue weighted by Crippen LogP contribution is 2.42. The zero-order chi connectivity index (χ0) is 26.6. The number of methoxy groups -OCH3 is 1. The number of carbonyl (C=O) groups excluding carboxylic acids is 1. The normalized spacial score (nSPS) is 16.3. The van der Waals surface area contributed by atoms with Crippen LogP contribution in [0.15, 0.2) is 77.7 Å². The molecule has 3 aromatic rings. The Labute approximate surface area is 219 Å². The fourth-order valence-corrected chi connectivity index (χ4v) is 6.12. The predicted octanol–water partition coefficient (Wildman–Crippen LogP) is 5.40. The van der Waals surface area contributed by atoms with Gasteiger partial charge >= 0.3 is 0 Å². The highest BCUT2D eigenvalue weighted by Gasteiger charge is 2.39. The molecule has 1 heterocycles. The van der Waals surface area contributed by atoms with E-state index in [0.29, 0.717) is 17.9 Å². The van der Waals surface area contributed by atoms with Gasteiger partial charge in [-0.3, -0.25) is 9.10 Å². The van der Waals surface area contributed by atoms with E-state index in [1.54, 1.807) is 24.3 Å². The molecule has 1 unspecified atom stereocenters. The van der Waals surface area contributed by atoms with Crippen LogP contribution in [0.2, 0.25) is 0 Å². The number of anilines is 1. The molecule has 1 aliphatic rings. The molecule has 8 heteroatoms. The maximum atomic E-state index is 13.7. The Morgan fingerprint density at radius 2 is 1.68 bits per heavy atom. The molecule has 0 aromatic heterocycles. The van der Waals surface area contributed by atoms with E-state index in [9.17, 15) is 13.2 Å². The summed E-state index contributed by atoms with van der Waals surface area (Å²) in [5.41, 5.74) is 1.91. The van der Waals surface area contributed by atoms with Gasteiger partial charge in [0, 0.05) is 12.0 Å². The van der Waals surface area contributed by atoms with Gasteiger partial charge in [0.2, 0.25) is 5.91 Å². The minimum atomic E-state index is -4.03. The Kier molecular flexibility index (Phi) is 7.78. The van der Waals surface area contributed by atoms with E-state index in [-0.39, 0.29) is 23.4 Å². The van der Waals surface area contributed by atoms with E-state index in [2.05, 4.69) is 19.2 Å². The minimum absolute atomic E-state index is 0.0778. The SMILES string of the molecule is CCC1(CC)CC(NC(=O)CN(c2ccc(C)cc2)S(=O)(=O)c2ccc(OC)cc2)c2ccccc2O1. The molecule has 0 fully saturated rings. The van der Waals surface area contributed by atoms with Crippen molar-refractivity contribution in [2.24, 2.45) is 0 Å². The van der Waals surface area contributed by atoms with Crippen molar-refractivity contribution in [2.45, 2.75) is 56.6 Å². The number of ether oxygens (including phenoxy) is 2. The van der Waals surface area contributed by atoms with Crippen LogP contribution in [0, 0.1) is 6.92 Å². The molecule has 196 valence electrons. The minimum Gasteiger partial charge on any atom is -0.497 e. The Morgan fingerprint density at radius 1 is 1.03 bits per heavy atom. The third-order valence-electron chi connectivity index (χ3n) is 7.08. The van der Waals surface area contributed by atoms with Gasteiger partial charge in [-0.2, -0.15) is 0 Å². The summed E-state index contributed by atoms with van der Waals surface area (Å²) in [6.07, 6.45) is 2.20. The summed E-state index contributed by atoms with van der Waals surface area (Å²) in [5.74, 6) is 0.913. The van der Waals surface area contributed by atoms with Crippen LogP contribution in [-0.2, 0) is 14.8 Å². The molecule has 0 saturated carbocycles. The summed E-state index contributed by atoms with van der Waals surface area (Å²) < 4.78 is 40.1. The van der Waals surface area contributed by atoms with Crippen molar-refractivity contribution in [2.75, 3.05) is 18.0 Å². The molecule has 37 heavy (non-hydrogen) atoms. The summed E-state index contributed by atoms with van der Waals surface area (Å²) in [4.78, 5) is 13.5. The van der Waals surface area contributed by atoms with Gasteiger partial charge in [-0.25, -0.2) is 8.42 Å². The van der Waals surface area contributed by atoms with Gasteiger partial charge in [0.15, 0.2) is 0 Å². The zero-order valence-corrected chi connectivity index (χ0v) is 22.5. The lowest BCUT2D eigenvalue weighted by molar-refractivity contribution is -0.121. The van der Waals surface area contributed by atoms with Crippen molar-refractivity contribution in [3.63, 3.8) is 0 Å². The van der Waals surface area contributed by atoms with Gasteiger partial charge in [0.05, 0.1) is 23.7 Å². The lowest BCUT2D eigenvalue weighted by Gasteiger charge is -2.41. The number of sulfonamides is 1. The summed E-state index contributed by atoms with van der Waals surface area (Å²) in [7, 11) is -2.51. The quantitative estimate of drug-likeness (QED) is 0.407. The number of para-hydroxylation sites is 1. The number of benzene rings is 3. The largest absolute Gasteiger partial charge is 0.497 e. The molecule has 1 amide bonds. The van der Waals surface area contributed by atoms with Crippen molar-refractivity contribution < 1.29 is 22.7 Å². The first-order chi connectivity index (χ1) is 17.7. The first-order valence-corrected chi connectivity index (χ1v) is 14.0. The van der Waals surface area contributed by atoms with E-state index >= 15 is 0 Å². The van der Waals surface area contributed by atoms with Crippen LogP contribution in [0.25, 0.3) is 0 Å². The number of hydrogen-bond acceptors (Lipinski definition) is 5. The van der Waals surface area contributed by atoms with Crippen LogP contribution in [0.5, 0.6) is 11.5 Å². The molecule has 1 aliphatic heterocycles. The standard InChI is InChI=1S/C29H34N2O5S/c1-5-29(6-2)19-26(25-9-7-8-10-27(25)36-29)30-28(32)20-31(22-13-11-21(3)12-14-22)37(33,34)24-17-15-23(35-4)16-18-24/h7-18,26H,5-6,19-20H2,1-4H3,(H,30,32). The fraction of sp³-hybridized carbons (Fsp3) is 0.345. The average Bonchev–Trinajstić information content (AvgIpc) is 2.92. The Balaban J connectivity index is 1.64. The number of nitrogens with zero attached hydrogens (tertiary/aromatic N) is 1. The highest BCUT2D eigenvalue weighted by molar-refractivity contribution is 7.92. The zero-order valence-electron chi connectivity index (χ0n) is 21.7. The number of rotatable bonds is 9. The lowest BCUT2D eigenvalue weighted by Crippen LogP contribution is -2.47. The Hall–Kier alpha value is -3.52. The monoisotopic (exact) mass is 522 g/mol. The van der Waals surface area contributed by atoms with Crippen LogP contribution < -0.4 is 19.1 Å². The molecule has 0 spiro atoms. The van der Waals surface area contributed by atoms with E-state index in [0.717, 1.165) is 34.0 Å². The first-order valence-electron chi connectivity index (χ1n) is 12.5. The van der Waals surface area contributed by atoms with Gasteiger partial charge in [0.1, 0.15) is 23.6 Å². The van der Waals surface area contributed by atoms with Gasteiger partial charge in [0.25, 0.3) is 10.0 Å². The first kappa shape index (κ1) is 26.5. The van der Waals surface area contributed by atoms with E-state index < -0.39 is 15.6 Å². The maximum Gasteiger partial charge on any atom is 0.264 e. The lowest BCUT2D eigenvalue weighted by atomic mass is 9.83. The molecular weight excluding hydrogens is 488 g/mol. The number of fused-ring (bicyclic) bond motifs is 1. The van der Waals surface area contributed by atoms with Crippen LogP contribution in [0.4, 0.5) is 5.69 Å². The molecule has 0 saturated heterocycles. The summed E-state index contributed by atoms with van der Waals surface area (Å²) in [5, 5.41) is 3.11. The van der Waals surface area contributed by atoms with Crippen molar-refractivity contribution in [3.8, 4) is 11.5 Å². The van der Waals surface area contributed by atoms with Crippen molar-refractivity contribution in [3.05, 3.63) is 83.9 Å². The topological polar surface area (TPSA) is 84.9 Å². The molecule has 1 atom stereocenters. The van der Waals surface area contributed by atoms with Crippen LogP contribution >= 0.6 is 0 Å². The third-order valence-corrected chi connectivity index (χ3v) is 8.87. The number of carbonyl (C=O) groups is 1. The number of nitrogens with one attached hydrogen (secondary N) is 1. The smallest absolute Gasteiger partial charge is 0.264 e. The fourth-order valence-electron chi connectivity index (χ4n) is 4.70.